The highest BCUT2D eigenvalue weighted by atomic mass is 35.5. The van der Waals surface area contributed by atoms with Gasteiger partial charge >= 0.3 is 7.12 Å². The van der Waals surface area contributed by atoms with Crippen LogP contribution in [0.15, 0.2) is 96.7 Å². The third-order valence-electron chi connectivity index (χ3n) is 5.76. The summed E-state index contributed by atoms with van der Waals surface area (Å²) in [4.78, 5) is 4.52. The Morgan fingerprint density at radius 3 is 2.71 bits per heavy atom. The third kappa shape index (κ3) is 6.86. The van der Waals surface area contributed by atoms with E-state index in [1.807, 2.05) is 60.7 Å². The zero-order valence-corrected chi connectivity index (χ0v) is 20.1. The molecule has 1 atom stereocenters. The number of ether oxygens (including phenoxy) is 1. The first kappa shape index (κ1) is 24.8. The van der Waals surface area contributed by atoms with Crippen molar-refractivity contribution < 1.29 is 19.5 Å². The molecule has 0 aliphatic carbocycles. The molecule has 0 saturated heterocycles. The molecule has 0 spiro atoms. The molecule has 0 radical (unpaired) electrons. The predicted octanol–water partition coefficient (Wildman–Crippen LogP) is 6.20. The van der Waals surface area contributed by atoms with E-state index in [9.17, 15) is 10.1 Å². The predicted molar refractivity (Wildman–Crippen MR) is 141 cm³/mol. The van der Waals surface area contributed by atoms with Gasteiger partial charge in [0.2, 0.25) is 0 Å². The second-order valence-corrected chi connectivity index (χ2v) is 8.72. The van der Waals surface area contributed by atoms with Gasteiger partial charge in [-0.1, -0.05) is 48.5 Å². The minimum Gasteiger partial charge on any atom is -0.508 e. The largest absolute Gasteiger partial charge is 0.508 e. The number of rotatable bonds is 9. The number of halogens is 1. The van der Waals surface area contributed by atoms with E-state index in [0.29, 0.717) is 30.8 Å². The fraction of sp³-hybridized carbons (Fsp3) is 0.179. The number of para-hydroxylation sites is 1. The van der Waals surface area contributed by atoms with Crippen molar-refractivity contribution in [3.05, 3.63) is 113 Å². The van der Waals surface area contributed by atoms with E-state index in [0.717, 1.165) is 33.7 Å². The maximum atomic E-state index is 10.2. The van der Waals surface area contributed by atoms with Crippen LogP contribution >= 0.6 is 11.6 Å². The van der Waals surface area contributed by atoms with Crippen molar-refractivity contribution in [1.29, 1.82) is 0 Å². The second kappa shape index (κ2) is 11.9. The summed E-state index contributed by atoms with van der Waals surface area (Å²) in [6, 6.07) is 20.2. The van der Waals surface area contributed by atoms with Crippen LogP contribution in [-0.4, -0.2) is 34.9 Å². The monoisotopic (exact) mass is 487 g/mol. The fourth-order valence-electron chi connectivity index (χ4n) is 3.98. The number of hydrogen-bond donors (Lipinski definition) is 2. The molecular formula is C28H27BClNO4. The van der Waals surface area contributed by atoms with Gasteiger partial charge in [-0.2, -0.15) is 0 Å². The zero-order chi connectivity index (χ0) is 24.6. The zero-order valence-electron chi connectivity index (χ0n) is 19.3. The van der Waals surface area contributed by atoms with Gasteiger partial charge in [0, 0.05) is 12.5 Å². The van der Waals surface area contributed by atoms with Crippen molar-refractivity contribution in [3.63, 3.8) is 0 Å². The van der Waals surface area contributed by atoms with Crippen LogP contribution in [0.25, 0.3) is 11.6 Å². The van der Waals surface area contributed by atoms with E-state index in [-0.39, 0.29) is 11.9 Å². The van der Waals surface area contributed by atoms with Crippen molar-refractivity contribution in [2.24, 2.45) is 0 Å². The van der Waals surface area contributed by atoms with Gasteiger partial charge in [-0.25, -0.2) is 0 Å². The van der Waals surface area contributed by atoms with E-state index in [4.69, 9.17) is 21.0 Å². The molecule has 178 valence electrons. The number of phenols is 1. The summed E-state index contributed by atoms with van der Waals surface area (Å²) in [5.41, 5.74) is 4.33. The summed E-state index contributed by atoms with van der Waals surface area (Å²) in [6.07, 6.45) is 6.99. The Morgan fingerprint density at radius 2 is 1.97 bits per heavy atom. The van der Waals surface area contributed by atoms with Crippen LogP contribution < -0.4 is 4.74 Å². The lowest BCUT2D eigenvalue weighted by Gasteiger charge is -2.28. The quantitative estimate of drug-likeness (QED) is 0.351. The summed E-state index contributed by atoms with van der Waals surface area (Å²) in [5.74, 6) is 0.885. The molecule has 1 aliphatic heterocycles. The highest BCUT2D eigenvalue weighted by molar-refractivity contribution is 6.43. The number of aromatic nitrogens is 1. The fourth-order valence-corrected chi connectivity index (χ4v) is 4.21. The smallest absolute Gasteiger partial charge is 0.458 e. The molecule has 1 unspecified atom stereocenters. The molecule has 0 fully saturated rings. The van der Waals surface area contributed by atoms with Crippen molar-refractivity contribution in [2.45, 2.75) is 25.3 Å². The number of hydrogen-bond acceptors (Lipinski definition) is 5. The first-order valence-electron chi connectivity index (χ1n) is 11.5. The third-order valence-corrected chi connectivity index (χ3v) is 6.08. The van der Waals surface area contributed by atoms with E-state index in [1.54, 1.807) is 18.3 Å². The number of phenolic OH excluding ortho intramolecular Hbond substituents is 1. The number of allylic oxidation sites excluding steroid dienone is 2. The van der Waals surface area contributed by atoms with Gasteiger partial charge in [0.15, 0.2) is 0 Å². The maximum absolute atomic E-state index is 10.2. The van der Waals surface area contributed by atoms with Crippen molar-refractivity contribution in [1.82, 2.24) is 4.98 Å². The molecule has 1 aromatic heterocycles. The van der Waals surface area contributed by atoms with Crippen LogP contribution in [0.1, 0.15) is 24.1 Å². The highest BCUT2D eigenvalue weighted by Gasteiger charge is 2.28. The van der Waals surface area contributed by atoms with E-state index < -0.39 is 7.12 Å². The lowest BCUT2D eigenvalue weighted by Crippen LogP contribution is -2.32. The van der Waals surface area contributed by atoms with Crippen LogP contribution in [0.4, 0.5) is 0 Å². The lowest BCUT2D eigenvalue weighted by molar-refractivity contribution is 0.182. The van der Waals surface area contributed by atoms with Crippen molar-refractivity contribution in [2.75, 3.05) is 6.61 Å². The summed E-state index contributed by atoms with van der Waals surface area (Å²) >= 11 is 6.36. The molecule has 2 N–H and O–H groups in total. The number of benzene rings is 2. The molecule has 0 amide bonds. The molecule has 2 aromatic carbocycles. The highest BCUT2D eigenvalue weighted by Crippen LogP contribution is 2.32. The molecule has 0 bridgehead atoms. The van der Waals surface area contributed by atoms with Gasteiger partial charge in [0.1, 0.15) is 18.1 Å². The minimum atomic E-state index is -0.861. The number of nitrogens with zero attached hydrogens (tertiary/aromatic N) is 1. The van der Waals surface area contributed by atoms with Gasteiger partial charge in [-0.3, -0.25) is 4.98 Å². The van der Waals surface area contributed by atoms with E-state index in [2.05, 4.69) is 11.6 Å². The van der Waals surface area contributed by atoms with Gasteiger partial charge in [0.05, 0.1) is 16.8 Å². The van der Waals surface area contributed by atoms with Gasteiger partial charge in [-0.15, -0.1) is 0 Å². The van der Waals surface area contributed by atoms with Crippen LogP contribution in [0, 0.1) is 0 Å². The summed E-state index contributed by atoms with van der Waals surface area (Å²) in [6.45, 7) is 4.55. The van der Waals surface area contributed by atoms with Gasteiger partial charge in [-0.05, 0) is 83.7 Å². The van der Waals surface area contributed by atoms with Crippen LogP contribution in [-0.2, 0) is 4.65 Å². The summed E-state index contributed by atoms with van der Waals surface area (Å²) < 4.78 is 11.8. The number of aromatic hydroxyl groups is 1. The van der Waals surface area contributed by atoms with Crippen molar-refractivity contribution >= 4 is 30.4 Å². The topological polar surface area (TPSA) is 71.8 Å². The van der Waals surface area contributed by atoms with Crippen molar-refractivity contribution in [3.8, 4) is 11.5 Å². The normalized spacial score (nSPS) is 16.1. The van der Waals surface area contributed by atoms with Crippen LogP contribution in [0.2, 0.25) is 11.3 Å². The summed E-state index contributed by atoms with van der Waals surface area (Å²) in [5, 5.41) is 20.3. The van der Waals surface area contributed by atoms with Crippen LogP contribution in [0.5, 0.6) is 11.5 Å². The summed E-state index contributed by atoms with van der Waals surface area (Å²) in [7, 11) is -0.861. The van der Waals surface area contributed by atoms with E-state index >= 15 is 0 Å². The molecule has 35 heavy (non-hydrogen) atoms. The SMILES string of the molecule is C=C(COc1ccccc1)C1=CCB(O)OC1CC/C(=C/c1ccc(O)cc1Cl)c1ccccn1. The molecule has 1 aliphatic rings. The second-order valence-electron chi connectivity index (χ2n) is 8.31. The Labute approximate surface area is 211 Å². The van der Waals surface area contributed by atoms with Gasteiger partial charge < -0.3 is 19.5 Å². The Balaban J connectivity index is 1.52. The molecule has 2 heterocycles. The lowest BCUT2D eigenvalue weighted by atomic mass is 9.78. The standard InChI is InChI=1S/C28H27BClNO4/c1-20(19-34-24-7-3-2-4-8-24)25-14-15-29(33)35-28(25)13-11-22(27-9-5-6-16-31-27)17-21-10-12-23(32)18-26(21)30/h2-10,12,14,16-18,28,32-33H,1,11,13,15,19H2/b22-17-. The Kier molecular flexibility index (Phi) is 8.43. The average molecular weight is 488 g/mol. The Bertz CT molecular complexity index is 1210. The minimum absolute atomic E-state index is 0.113. The molecule has 5 nitrogen and oxygen atoms in total. The maximum Gasteiger partial charge on any atom is 0.458 e. The first-order chi connectivity index (χ1) is 17.0. The molecular weight excluding hydrogens is 461 g/mol. The average Bonchev–Trinajstić information content (AvgIpc) is 2.87. The van der Waals surface area contributed by atoms with E-state index in [1.165, 1.54) is 6.07 Å². The molecule has 7 heteroatoms. The first-order valence-corrected chi connectivity index (χ1v) is 11.9. The Morgan fingerprint density at radius 1 is 1.17 bits per heavy atom. The molecule has 4 rings (SSSR count). The molecule has 3 aromatic rings. The van der Waals surface area contributed by atoms with Crippen LogP contribution in [0.3, 0.4) is 0 Å². The molecule has 0 saturated carbocycles. The van der Waals surface area contributed by atoms with Gasteiger partial charge in [0.25, 0.3) is 0 Å². The number of pyridine rings is 1. The Hall–Kier alpha value is -3.32.